The van der Waals surface area contributed by atoms with E-state index in [9.17, 15) is 19.2 Å². The first-order valence-electron chi connectivity index (χ1n) is 12.7. The van der Waals surface area contributed by atoms with Crippen molar-refractivity contribution < 1.29 is 29.0 Å². The van der Waals surface area contributed by atoms with Gasteiger partial charge in [0.15, 0.2) is 5.78 Å². The van der Waals surface area contributed by atoms with E-state index < -0.39 is 12.0 Å². The van der Waals surface area contributed by atoms with Crippen LogP contribution >= 0.6 is 0 Å². The molecule has 0 bridgehead atoms. The van der Waals surface area contributed by atoms with Gasteiger partial charge in [0, 0.05) is 31.8 Å². The van der Waals surface area contributed by atoms with E-state index in [-0.39, 0.29) is 37.1 Å². The fourth-order valence-corrected chi connectivity index (χ4v) is 4.19. The molecule has 0 fully saturated rings. The lowest BCUT2D eigenvalue weighted by molar-refractivity contribution is -0.137. The average Bonchev–Trinajstić information content (AvgIpc) is 2.92. The second kappa shape index (κ2) is 13.8. The second-order valence-corrected chi connectivity index (χ2v) is 9.35. The van der Waals surface area contributed by atoms with Gasteiger partial charge in [0.2, 0.25) is 5.91 Å². The minimum atomic E-state index is -1.02. The molecule has 10 nitrogen and oxygen atoms in total. The highest BCUT2D eigenvalue weighted by Gasteiger charge is 2.17. The third-order valence-corrected chi connectivity index (χ3v) is 6.25. The molecule has 0 radical (unpaired) electrons. The fraction of sp³-hybridized carbons (Fsp3) is 0.267. The molecule has 0 heterocycles. The lowest BCUT2D eigenvalue weighted by atomic mass is 10.0. The number of aliphatic carboxylic acids is 1. The van der Waals surface area contributed by atoms with Crippen LogP contribution in [0.5, 0.6) is 5.75 Å². The van der Waals surface area contributed by atoms with Crippen molar-refractivity contribution in [2.45, 2.75) is 32.7 Å². The minimum Gasteiger partial charge on any atom is -0.495 e. The highest BCUT2D eigenvalue weighted by atomic mass is 16.5. The smallest absolute Gasteiger partial charge is 0.326 e. The predicted molar refractivity (Wildman–Crippen MR) is 154 cm³/mol. The Morgan fingerprint density at radius 2 is 1.70 bits per heavy atom. The first-order valence-corrected chi connectivity index (χ1v) is 12.7. The van der Waals surface area contributed by atoms with Gasteiger partial charge in [-0.3, -0.25) is 19.3 Å². The molecule has 0 saturated carbocycles. The maximum absolute atomic E-state index is 12.8. The van der Waals surface area contributed by atoms with Crippen molar-refractivity contribution in [1.29, 1.82) is 0 Å². The Morgan fingerprint density at radius 3 is 2.33 bits per heavy atom. The molecule has 0 aliphatic carbocycles. The Kier molecular flexibility index (Phi) is 10.2. The summed E-state index contributed by atoms with van der Waals surface area (Å²) < 4.78 is 5.46. The third-order valence-electron chi connectivity index (χ3n) is 6.25. The Bertz CT molecular complexity index is 1360. The van der Waals surface area contributed by atoms with Gasteiger partial charge in [-0.2, -0.15) is 0 Å². The van der Waals surface area contributed by atoms with Gasteiger partial charge < -0.3 is 25.8 Å². The SMILES string of the molecule is COc1cc(CC(=O)CNc2ccc(C(CC(=O)O)NC(C)=O)cc2)ccc1NC(=O)N(C)c1ccccc1C. The van der Waals surface area contributed by atoms with E-state index in [1.807, 2.05) is 31.2 Å². The largest absolute Gasteiger partial charge is 0.495 e. The van der Waals surface area contributed by atoms with Gasteiger partial charge in [-0.15, -0.1) is 0 Å². The van der Waals surface area contributed by atoms with Crippen LogP contribution in [0, 0.1) is 6.92 Å². The Morgan fingerprint density at radius 1 is 1.00 bits per heavy atom. The fourth-order valence-electron chi connectivity index (χ4n) is 4.19. The zero-order valence-corrected chi connectivity index (χ0v) is 23.0. The van der Waals surface area contributed by atoms with Crippen molar-refractivity contribution in [2.24, 2.45) is 0 Å². The monoisotopic (exact) mass is 546 g/mol. The van der Waals surface area contributed by atoms with E-state index in [4.69, 9.17) is 9.84 Å². The van der Waals surface area contributed by atoms with Crippen molar-refractivity contribution in [3.8, 4) is 5.75 Å². The van der Waals surface area contributed by atoms with Crippen molar-refractivity contribution >= 4 is 40.8 Å². The van der Waals surface area contributed by atoms with Crippen LogP contribution in [0.4, 0.5) is 21.9 Å². The standard InChI is InChI=1S/C30H34N4O6/c1-19-7-5-6-8-27(19)34(3)30(39)33-25-14-9-21(16-28(25)40-4)15-24(36)18-31-23-12-10-22(11-13-23)26(17-29(37)38)32-20(2)35/h5-14,16,26,31H,15,17-18H2,1-4H3,(H,32,35)(H,33,39)(H,37,38). The molecule has 0 spiro atoms. The number of aryl methyl sites for hydroxylation is 1. The summed E-state index contributed by atoms with van der Waals surface area (Å²) in [5, 5.41) is 17.7. The van der Waals surface area contributed by atoms with Gasteiger partial charge in [0.05, 0.1) is 31.8 Å². The van der Waals surface area contributed by atoms with Crippen LogP contribution in [0.2, 0.25) is 0 Å². The zero-order chi connectivity index (χ0) is 29.2. The molecule has 1 unspecified atom stereocenters. The van der Waals surface area contributed by atoms with Gasteiger partial charge in [0.1, 0.15) is 5.75 Å². The normalized spacial score (nSPS) is 11.2. The molecular weight excluding hydrogens is 512 g/mol. The predicted octanol–water partition coefficient (Wildman–Crippen LogP) is 4.55. The lowest BCUT2D eigenvalue weighted by Crippen LogP contribution is -2.31. The van der Waals surface area contributed by atoms with Crippen LogP contribution in [-0.2, 0) is 20.8 Å². The molecule has 4 N–H and O–H groups in total. The van der Waals surface area contributed by atoms with Crippen LogP contribution < -0.4 is 25.6 Å². The Balaban J connectivity index is 1.58. The number of methoxy groups -OCH3 is 1. The number of hydrogen-bond acceptors (Lipinski definition) is 6. The molecule has 3 rings (SSSR count). The summed E-state index contributed by atoms with van der Waals surface area (Å²) in [5.41, 5.74) is 4.31. The maximum atomic E-state index is 12.8. The molecule has 0 aliphatic heterocycles. The van der Waals surface area contributed by atoms with E-state index >= 15 is 0 Å². The maximum Gasteiger partial charge on any atom is 0.326 e. The van der Waals surface area contributed by atoms with Crippen LogP contribution in [0.25, 0.3) is 0 Å². The molecule has 0 aliphatic rings. The summed E-state index contributed by atoms with van der Waals surface area (Å²) in [6.07, 6.45) is -0.0812. The summed E-state index contributed by atoms with van der Waals surface area (Å²) in [4.78, 5) is 49.5. The van der Waals surface area contributed by atoms with Crippen LogP contribution in [-0.4, -0.2) is 49.5 Å². The number of carboxylic acids is 1. The molecule has 0 saturated heterocycles. The number of ether oxygens (including phenoxy) is 1. The van der Waals surface area contributed by atoms with Gasteiger partial charge in [-0.1, -0.05) is 36.4 Å². The van der Waals surface area contributed by atoms with E-state index in [1.165, 1.54) is 18.9 Å². The summed E-state index contributed by atoms with van der Waals surface area (Å²) in [7, 11) is 3.19. The van der Waals surface area contributed by atoms with E-state index in [1.54, 1.807) is 49.5 Å². The summed E-state index contributed by atoms with van der Waals surface area (Å²) in [5.74, 6) is -0.964. The molecule has 0 aromatic heterocycles. The molecule has 40 heavy (non-hydrogen) atoms. The van der Waals surface area contributed by atoms with Gasteiger partial charge in [0.25, 0.3) is 0 Å². The molecular formula is C30H34N4O6. The van der Waals surface area contributed by atoms with E-state index in [0.717, 1.165) is 16.8 Å². The number of ketones is 1. The number of Topliss-reactive ketones (excluding diaryl/α,β-unsaturated/α-hetero) is 1. The van der Waals surface area contributed by atoms with Crippen molar-refractivity contribution in [1.82, 2.24) is 5.32 Å². The third kappa shape index (κ3) is 8.32. The number of rotatable bonds is 12. The van der Waals surface area contributed by atoms with Crippen LogP contribution in [0.15, 0.2) is 66.7 Å². The number of nitrogens with one attached hydrogen (secondary N) is 3. The van der Waals surface area contributed by atoms with Crippen molar-refractivity contribution in [3.05, 3.63) is 83.4 Å². The minimum absolute atomic E-state index is 0.0656. The Hall–Kier alpha value is -4.86. The van der Waals surface area contributed by atoms with Crippen molar-refractivity contribution in [3.63, 3.8) is 0 Å². The number of carboxylic acid groups (broad SMARTS) is 1. The molecule has 3 amide bonds. The molecule has 3 aromatic rings. The summed E-state index contributed by atoms with van der Waals surface area (Å²) in [6, 6.07) is 18.7. The van der Waals surface area contributed by atoms with Gasteiger partial charge >= 0.3 is 12.0 Å². The number of hydrogen-bond donors (Lipinski definition) is 4. The average molecular weight is 547 g/mol. The topological polar surface area (TPSA) is 137 Å². The number of urea groups is 1. The number of anilines is 3. The highest BCUT2D eigenvalue weighted by molar-refractivity contribution is 6.02. The van der Waals surface area contributed by atoms with Crippen LogP contribution in [0.3, 0.4) is 0 Å². The number of carbonyl (C=O) groups excluding carboxylic acids is 3. The quantitative estimate of drug-likeness (QED) is 0.262. The first-order chi connectivity index (χ1) is 19.1. The van der Waals surface area contributed by atoms with E-state index in [2.05, 4.69) is 16.0 Å². The number of amides is 3. The molecule has 10 heteroatoms. The number of carbonyl (C=O) groups is 4. The highest BCUT2D eigenvalue weighted by Crippen LogP contribution is 2.27. The van der Waals surface area contributed by atoms with E-state index in [0.29, 0.717) is 22.7 Å². The molecule has 3 aromatic carbocycles. The van der Waals surface area contributed by atoms with Crippen molar-refractivity contribution in [2.75, 3.05) is 36.2 Å². The molecule has 1 atom stereocenters. The van der Waals surface area contributed by atoms with Gasteiger partial charge in [-0.25, -0.2) is 4.79 Å². The second-order valence-electron chi connectivity index (χ2n) is 9.35. The first kappa shape index (κ1) is 29.7. The summed E-state index contributed by atoms with van der Waals surface area (Å²) >= 11 is 0. The zero-order valence-electron chi connectivity index (χ0n) is 23.0. The molecule has 210 valence electrons. The number of benzene rings is 3. The van der Waals surface area contributed by atoms with Crippen LogP contribution in [0.1, 0.15) is 36.1 Å². The lowest BCUT2D eigenvalue weighted by Gasteiger charge is -2.21. The number of para-hydroxylation sites is 1. The number of nitrogens with zero attached hydrogens (tertiary/aromatic N) is 1. The Labute approximate surface area is 233 Å². The summed E-state index contributed by atoms with van der Waals surface area (Å²) in [6.45, 7) is 3.34. The van der Waals surface area contributed by atoms with Gasteiger partial charge in [-0.05, 0) is 53.9 Å².